The number of rotatable bonds is 3. The summed E-state index contributed by atoms with van der Waals surface area (Å²) in [6.45, 7) is 0.850. The lowest BCUT2D eigenvalue weighted by atomic mass is 10.3. The summed E-state index contributed by atoms with van der Waals surface area (Å²) in [6.07, 6.45) is 2.76. The molecule has 0 atom stereocenters. The predicted molar refractivity (Wildman–Crippen MR) is 80.6 cm³/mol. The summed E-state index contributed by atoms with van der Waals surface area (Å²) >= 11 is 10.6. The van der Waals surface area contributed by atoms with E-state index in [2.05, 4.69) is 42.6 Å². The molecule has 0 aliphatic heterocycles. The molecule has 0 radical (unpaired) electrons. The van der Waals surface area contributed by atoms with Gasteiger partial charge in [0, 0.05) is 17.6 Å². The normalized spacial score (nSPS) is 11.2. The summed E-state index contributed by atoms with van der Waals surface area (Å²) in [5, 5.41) is 0. The van der Waals surface area contributed by atoms with E-state index in [9.17, 15) is 0 Å². The third-order valence-electron chi connectivity index (χ3n) is 2.74. The van der Waals surface area contributed by atoms with Crippen molar-refractivity contribution in [3.8, 4) is 0 Å². The molecular weight excluding hydrogens is 330 g/mol. The number of fused-ring (bicyclic) bond motifs is 1. The van der Waals surface area contributed by atoms with Crippen molar-refractivity contribution < 1.29 is 0 Å². The van der Waals surface area contributed by atoms with Crippen LogP contribution in [-0.4, -0.2) is 14.5 Å². The number of imidazole rings is 1. The molecule has 1 N–H and O–H groups in total. The van der Waals surface area contributed by atoms with Gasteiger partial charge in [-0.15, -0.1) is 11.3 Å². The number of halogens is 1. The lowest BCUT2D eigenvalue weighted by Gasteiger charge is -2.01. The number of aryl methyl sites for hydroxylation is 2. The summed E-state index contributed by atoms with van der Waals surface area (Å²) in [5.41, 5.74) is 1.92. The van der Waals surface area contributed by atoms with Crippen molar-refractivity contribution in [1.82, 2.24) is 14.5 Å². The zero-order valence-corrected chi connectivity index (χ0v) is 12.6. The van der Waals surface area contributed by atoms with Gasteiger partial charge in [0.2, 0.25) is 0 Å². The SMILES string of the molecule is S=c1[nH]c2cccnc2n1CCc1ccc(Br)s1. The lowest BCUT2D eigenvalue weighted by molar-refractivity contribution is 0.706. The maximum Gasteiger partial charge on any atom is 0.179 e. The highest BCUT2D eigenvalue weighted by molar-refractivity contribution is 9.11. The van der Waals surface area contributed by atoms with E-state index in [4.69, 9.17) is 12.2 Å². The predicted octanol–water partition coefficient (Wildman–Crippen LogP) is 4.16. The van der Waals surface area contributed by atoms with E-state index < -0.39 is 0 Å². The molecule has 3 heterocycles. The Labute approximate surface area is 122 Å². The number of aromatic nitrogens is 3. The standard InChI is InChI=1S/C12H10BrN3S2/c13-10-4-3-8(18-10)5-7-16-11-9(15-12(16)17)2-1-6-14-11/h1-4,6H,5,7H2,(H,15,17). The Bertz CT molecular complexity index is 741. The first-order chi connectivity index (χ1) is 8.74. The molecule has 0 aromatic carbocycles. The highest BCUT2D eigenvalue weighted by Gasteiger charge is 2.05. The molecule has 0 unspecified atom stereocenters. The smallest absolute Gasteiger partial charge is 0.179 e. The van der Waals surface area contributed by atoms with Gasteiger partial charge >= 0.3 is 0 Å². The zero-order valence-electron chi connectivity index (χ0n) is 9.39. The van der Waals surface area contributed by atoms with Crippen LogP contribution in [0.15, 0.2) is 34.2 Å². The van der Waals surface area contributed by atoms with E-state index >= 15 is 0 Å². The topological polar surface area (TPSA) is 33.6 Å². The van der Waals surface area contributed by atoms with Crippen molar-refractivity contribution in [2.24, 2.45) is 0 Å². The number of H-pyrrole nitrogens is 1. The first-order valence-corrected chi connectivity index (χ1v) is 7.53. The maximum atomic E-state index is 5.34. The fourth-order valence-corrected chi connectivity index (χ4v) is 3.66. The number of nitrogens with one attached hydrogen (secondary N) is 1. The average molecular weight is 340 g/mol. The summed E-state index contributed by atoms with van der Waals surface area (Å²) < 4.78 is 3.95. The third kappa shape index (κ3) is 2.28. The molecule has 3 aromatic rings. The highest BCUT2D eigenvalue weighted by atomic mass is 79.9. The van der Waals surface area contributed by atoms with Crippen molar-refractivity contribution in [2.45, 2.75) is 13.0 Å². The van der Waals surface area contributed by atoms with Crippen molar-refractivity contribution in [3.05, 3.63) is 43.9 Å². The molecule has 0 aliphatic rings. The molecule has 18 heavy (non-hydrogen) atoms. The zero-order chi connectivity index (χ0) is 12.5. The van der Waals surface area contributed by atoms with Gasteiger partial charge in [-0.2, -0.15) is 0 Å². The number of hydrogen-bond acceptors (Lipinski definition) is 3. The van der Waals surface area contributed by atoms with Crippen LogP contribution in [0.1, 0.15) is 4.88 Å². The van der Waals surface area contributed by atoms with Crippen LogP contribution in [-0.2, 0) is 13.0 Å². The molecule has 3 nitrogen and oxygen atoms in total. The van der Waals surface area contributed by atoms with Crippen LogP contribution in [0.3, 0.4) is 0 Å². The van der Waals surface area contributed by atoms with Gasteiger partial charge in [0.1, 0.15) is 0 Å². The minimum absolute atomic E-state index is 0.735. The molecule has 92 valence electrons. The first kappa shape index (κ1) is 12.1. The minimum Gasteiger partial charge on any atom is -0.329 e. The lowest BCUT2D eigenvalue weighted by Crippen LogP contribution is -2.01. The van der Waals surface area contributed by atoms with Crippen LogP contribution >= 0.6 is 39.5 Å². The Kier molecular flexibility index (Phi) is 3.32. The van der Waals surface area contributed by atoms with Crippen molar-refractivity contribution in [1.29, 1.82) is 0 Å². The van der Waals surface area contributed by atoms with Gasteiger partial charge in [0.15, 0.2) is 10.4 Å². The first-order valence-electron chi connectivity index (χ1n) is 5.52. The van der Waals surface area contributed by atoms with Crippen molar-refractivity contribution >= 4 is 50.6 Å². The summed E-state index contributed by atoms with van der Waals surface area (Å²) in [4.78, 5) is 8.90. The Balaban J connectivity index is 1.90. The van der Waals surface area contributed by atoms with Crippen molar-refractivity contribution in [2.75, 3.05) is 0 Å². The molecule has 3 aromatic heterocycles. The van der Waals surface area contributed by atoms with E-state index in [-0.39, 0.29) is 0 Å². The van der Waals surface area contributed by atoms with E-state index in [1.807, 2.05) is 12.1 Å². The molecule has 3 rings (SSSR count). The van der Waals surface area contributed by atoms with Gasteiger partial charge < -0.3 is 9.55 Å². The second-order valence-electron chi connectivity index (χ2n) is 3.91. The fourth-order valence-electron chi connectivity index (χ4n) is 1.90. The molecule has 0 spiro atoms. The molecular formula is C12H10BrN3S2. The van der Waals surface area contributed by atoms with E-state index in [0.717, 1.165) is 32.7 Å². The van der Waals surface area contributed by atoms with Gasteiger partial charge in [-0.25, -0.2) is 4.98 Å². The monoisotopic (exact) mass is 339 g/mol. The van der Waals surface area contributed by atoms with Gasteiger partial charge in [0.25, 0.3) is 0 Å². The summed E-state index contributed by atoms with van der Waals surface area (Å²) in [5.74, 6) is 0. The Morgan fingerprint density at radius 1 is 1.39 bits per heavy atom. The van der Waals surface area contributed by atoms with Crippen LogP contribution in [0.25, 0.3) is 11.2 Å². The van der Waals surface area contributed by atoms with Gasteiger partial charge in [-0.1, -0.05) is 0 Å². The van der Waals surface area contributed by atoms with Crippen LogP contribution in [0, 0.1) is 4.77 Å². The largest absolute Gasteiger partial charge is 0.329 e. The Morgan fingerprint density at radius 2 is 2.28 bits per heavy atom. The van der Waals surface area contributed by atoms with Gasteiger partial charge in [-0.3, -0.25) is 0 Å². The summed E-state index contributed by atoms with van der Waals surface area (Å²) in [7, 11) is 0. The number of nitrogens with zero attached hydrogens (tertiary/aromatic N) is 2. The minimum atomic E-state index is 0.735. The quantitative estimate of drug-likeness (QED) is 0.727. The molecule has 6 heteroatoms. The molecule has 0 bridgehead atoms. The van der Waals surface area contributed by atoms with E-state index in [1.54, 1.807) is 17.5 Å². The van der Waals surface area contributed by atoms with Gasteiger partial charge in [-0.05, 0) is 58.8 Å². The second kappa shape index (κ2) is 4.95. The Hall–Kier alpha value is -0.980. The number of hydrogen-bond donors (Lipinski definition) is 1. The maximum absolute atomic E-state index is 5.34. The van der Waals surface area contributed by atoms with Crippen LogP contribution in [0.5, 0.6) is 0 Å². The molecule has 0 aliphatic carbocycles. The highest BCUT2D eigenvalue weighted by Crippen LogP contribution is 2.23. The molecule has 0 saturated carbocycles. The van der Waals surface area contributed by atoms with E-state index in [0.29, 0.717) is 0 Å². The van der Waals surface area contributed by atoms with E-state index in [1.165, 1.54) is 4.88 Å². The number of pyridine rings is 1. The van der Waals surface area contributed by atoms with Crippen LogP contribution < -0.4 is 0 Å². The van der Waals surface area contributed by atoms with Crippen LogP contribution in [0.2, 0.25) is 0 Å². The van der Waals surface area contributed by atoms with Crippen LogP contribution in [0.4, 0.5) is 0 Å². The van der Waals surface area contributed by atoms with Crippen molar-refractivity contribution in [3.63, 3.8) is 0 Å². The third-order valence-corrected chi connectivity index (χ3v) is 4.75. The Morgan fingerprint density at radius 3 is 3.06 bits per heavy atom. The average Bonchev–Trinajstić information content (AvgIpc) is 2.90. The van der Waals surface area contributed by atoms with Gasteiger partial charge in [0.05, 0.1) is 9.30 Å². The fraction of sp³-hybridized carbons (Fsp3) is 0.167. The molecule has 0 fully saturated rings. The molecule has 0 amide bonds. The summed E-state index contributed by atoms with van der Waals surface area (Å²) in [6, 6.07) is 8.12. The second-order valence-corrected chi connectivity index (χ2v) is 6.85. The number of thiophene rings is 1. The number of aromatic amines is 1. The molecule has 0 saturated heterocycles.